The van der Waals surface area contributed by atoms with Crippen LogP contribution in [0.3, 0.4) is 0 Å². The summed E-state index contributed by atoms with van der Waals surface area (Å²) in [5, 5.41) is 13.7. The van der Waals surface area contributed by atoms with Crippen LogP contribution >= 0.6 is 0 Å². The Bertz CT molecular complexity index is 608. The first kappa shape index (κ1) is 15.2. The average molecular weight is 299 g/mol. The van der Waals surface area contributed by atoms with Crippen molar-refractivity contribution in [3.8, 4) is 0 Å². The molecule has 1 aliphatic carbocycles. The zero-order valence-electron chi connectivity index (χ0n) is 13.1. The van der Waals surface area contributed by atoms with Crippen molar-refractivity contribution in [2.45, 2.75) is 57.4 Å². The van der Waals surface area contributed by atoms with Crippen molar-refractivity contribution < 1.29 is 5.11 Å². The van der Waals surface area contributed by atoms with Crippen LogP contribution in [0.1, 0.15) is 50.5 Å². The number of aliphatic hydroxyl groups is 1. The summed E-state index contributed by atoms with van der Waals surface area (Å²) < 4.78 is 0. The van der Waals surface area contributed by atoms with E-state index in [1.54, 1.807) is 6.33 Å². The maximum absolute atomic E-state index is 8.91. The molecule has 22 heavy (non-hydrogen) atoms. The zero-order chi connectivity index (χ0) is 15.2. The van der Waals surface area contributed by atoms with Crippen molar-refractivity contribution in [3.63, 3.8) is 0 Å². The molecule has 0 unspecified atom stereocenters. The molecule has 2 N–H and O–H groups in total. The summed E-state index contributed by atoms with van der Waals surface area (Å²) in [6.07, 6.45) is 11.0. The molecule has 4 nitrogen and oxygen atoms in total. The van der Waals surface area contributed by atoms with E-state index in [0.717, 1.165) is 36.0 Å². The highest BCUT2D eigenvalue weighted by molar-refractivity contribution is 5.89. The summed E-state index contributed by atoms with van der Waals surface area (Å²) in [5.41, 5.74) is 2.29. The third-order valence-electron chi connectivity index (χ3n) is 4.52. The van der Waals surface area contributed by atoms with E-state index in [0.29, 0.717) is 6.04 Å². The van der Waals surface area contributed by atoms with E-state index in [9.17, 15) is 0 Å². The van der Waals surface area contributed by atoms with Crippen LogP contribution in [-0.2, 0) is 6.42 Å². The van der Waals surface area contributed by atoms with E-state index >= 15 is 0 Å². The molecule has 0 atom stereocenters. The Morgan fingerprint density at radius 3 is 2.77 bits per heavy atom. The van der Waals surface area contributed by atoms with Gasteiger partial charge in [0, 0.05) is 18.0 Å². The second-order valence-electron chi connectivity index (χ2n) is 6.23. The van der Waals surface area contributed by atoms with Gasteiger partial charge in [-0.25, -0.2) is 9.97 Å². The van der Waals surface area contributed by atoms with Crippen molar-refractivity contribution in [1.29, 1.82) is 0 Å². The highest BCUT2D eigenvalue weighted by atomic mass is 16.2. The van der Waals surface area contributed by atoms with Crippen molar-refractivity contribution in [2.24, 2.45) is 0 Å². The van der Waals surface area contributed by atoms with Gasteiger partial charge in [0.15, 0.2) is 0 Å². The predicted octanol–water partition coefficient (Wildman–Crippen LogP) is 3.69. The summed E-state index contributed by atoms with van der Waals surface area (Å²) in [4.78, 5) is 8.86. The summed E-state index contributed by atoms with van der Waals surface area (Å²) in [6, 6.07) is 6.97. The van der Waals surface area contributed by atoms with Crippen LogP contribution in [0, 0.1) is 0 Å². The Hall–Kier alpha value is -1.68. The van der Waals surface area contributed by atoms with Gasteiger partial charge in [-0.3, -0.25) is 0 Å². The van der Waals surface area contributed by atoms with Gasteiger partial charge in [0.25, 0.3) is 0 Å². The van der Waals surface area contributed by atoms with Crippen LogP contribution in [0.15, 0.2) is 24.5 Å². The van der Waals surface area contributed by atoms with Gasteiger partial charge < -0.3 is 10.4 Å². The van der Waals surface area contributed by atoms with E-state index in [1.807, 2.05) is 0 Å². The van der Waals surface area contributed by atoms with Gasteiger partial charge in [0.1, 0.15) is 12.1 Å². The number of benzene rings is 1. The summed E-state index contributed by atoms with van der Waals surface area (Å²) in [6.45, 7) is 0.269. The van der Waals surface area contributed by atoms with Crippen LogP contribution < -0.4 is 5.32 Å². The molecule has 3 rings (SSSR count). The minimum absolute atomic E-state index is 0.269. The van der Waals surface area contributed by atoms with E-state index in [1.165, 1.54) is 37.7 Å². The van der Waals surface area contributed by atoms with Crippen LogP contribution in [0.5, 0.6) is 0 Å². The highest BCUT2D eigenvalue weighted by Crippen LogP contribution is 2.26. The molecule has 0 aliphatic heterocycles. The summed E-state index contributed by atoms with van der Waals surface area (Å²) >= 11 is 0. The molecule has 118 valence electrons. The third kappa shape index (κ3) is 3.74. The Morgan fingerprint density at radius 1 is 1.09 bits per heavy atom. The van der Waals surface area contributed by atoms with Gasteiger partial charge in [-0.2, -0.15) is 0 Å². The molecule has 0 saturated heterocycles. The lowest BCUT2D eigenvalue weighted by Crippen LogP contribution is -2.23. The Balaban J connectivity index is 1.80. The predicted molar refractivity (Wildman–Crippen MR) is 90.1 cm³/mol. The van der Waals surface area contributed by atoms with Crippen LogP contribution in [-0.4, -0.2) is 27.7 Å². The average Bonchev–Trinajstić information content (AvgIpc) is 2.57. The lowest BCUT2D eigenvalue weighted by Gasteiger charge is -2.23. The maximum atomic E-state index is 8.91. The van der Waals surface area contributed by atoms with Crippen LogP contribution in [0.4, 0.5) is 5.82 Å². The van der Waals surface area contributed by atoms with E-state index in [4.69, 9.17) is 5.11 Å². The molecule has 4 heteroatoms. The fourth-order valence-electron chi connectivity index (χ4n) is 3.26. The number of nitrogens with one attached hydrogen (secondary N) is 1. The number of fused-ring (bicyclic) bond motifs is 1. The number of hydrogen-bond acceptors (Lipinski definition) is 4. The quantitative estimate of drug-likeness (QED) is 0.799. The van der Waals surface area contributed by atoms with Gasteiger partial charge in [0.2, 0.25) is 0 Å². The lowest BCUT2D eigenvalue weighted by molar-refractivity contribution is 0.284. The topological polar surface area (TPSA) is 58.0 Å². The standard InChI is InChI=1S/C18H25N3O/c22-11-5-4-6-14-9-10-17-16(12-14)18(20-13-19-17)21-15-7-2-1-3-8-15/h9-10,12-13,15,22H,1-8,11H2,(H,19,20,21). The fraction of sp³-hybridized carbons (Fsp3) is 0.556. The molecule has 2 aromatic rings. The molecule has 1 fully saturated rings. The summed E-state index contributed by atoms with van der Waals surface area (Å²) in [7, 11) is 0. The Labute approximate surface area is 132 Å². The second kappa shape index (κ2) is 7.54. The van der Waals surface area contributed by atoms with Gasteiger partial charge in [-0.15, -0.1) is 0 Å². The van der Waals surface area contributed by atoms with Crippen LogP contribution in [0.25, 0.3) is 10.9 Å². The van der Waals surface area contributed by atoms with E-state index < -0.39 is 0 Å². The van der Waals surface area contributed by atoms with Crippen molar-refractivity contribution in [3.05, 3.63) is 30.1 Å². The van der Waals surface area contributed by atoms with Crippen molar-refractivity contribution in [2.75, 3.05) is 11.9 Å². The molecule has 0 amide bonds. The minimum atomic E-state index is 0.269. The number of aryl methyl sites for hydroxylation is 1. The molecule has 1 aliphatic rings. The molecule has 0 spiro atoms. The van der Waals surface area contributed by atoms with Gasteiger partial charge >= 0.3 is 0 Å². The van der Waals surface area contributed by atoms with E-state index in [-0.39, 0.29) is 6.61 Å². The molecule has 1 heterocycles. The van der Waals surface area contributed by atoms with Crippen LogP contribution in [0.2, 0.25) is 0 Å². The minimum Gasteiger partial charge on any atom is -0.396 e. The monoisotopic (exact) mass is 299 g/mol. The first-order chi connectivity index (χ1) is 10.9. The van der Waals surface area contributed by atoms with Gasteiger partial charge in [0.05, 0.1) is 5.52 Å². The number of aromatic nitrogens is 2. The lowest BCUT2D eigenvalue weighted by atomic mass is 9.95. The number of hydrogen-bond donors (Lipinski definition) is 2. The number of rotatable bonds is 6. The normalized spacial score (nSPS) is 16.0. The molecule has 1 saturated carbocycles. The molecule has 1 aromatic carbocycles. The SMILES string of the molecule is OCCCCc1ccc2ncnc(NC3CCCCC3)c2c1. The number of anilines is 1. The maximum Gasteiger partial charge on any atom is 0.137 e. The fourth-order valence-corrected chi connectivity index (χ4v) is 3.26. The molecule has 1 aromatic heterocycles. The number of nitrogens with zero attached hydrogens (tertiary/aromatic N) is 2. The molecular weight excluding hydrogens is 274 g/mol. The zero-order valence-corrected chi connectivity index (χ0v) is 13.1. The molecule has 0 bridgehead atoms. The van der Waals surface area contributed by atoms with Gasteiger partial charge in [-0.1, -0.05) is 25.3 Å². The van der Waals surface area contributed by atoms with Gasteiger partial charge in [-0.05, 0) is 49.8 Å². The molecule has 0 radical (unpaired) electrons. The number of unbranched alkanes of at least 4 members (excludes halogenated alkanes) is 1. The highest BCUT2D eigenvalue weighted by Gasteiger charge is 2.15. The van der Waals surface area contributed by atoms with Crippen molar-refractivity contribution >= 4 is 16.7 Å². The molecular formula is C18H25N3O. The Kier molecular flexibility index (Phi) is 5.22. The summed E-state index contributed by atoms with van der Waals surface area (Å²) in [5.74, 6) is 0.973. The Morgan fingerprint density at radius 2 is 1.95 bits per heavy atom. The smallest absolute Gasteiger partial charge is 0.137 e. The largest absolute Gasteiger partial charge is 0.396 e. The van der Waals surface area contributed by atoms with E-state index in [2.05, 4.69) is 33.5 Å². The first-order valence-corrected chi connectivity index (χ1v) is 8.48. The van der Waals surface area contributed by atoms with Crippen molar-refractivity contribution in [1.82, 2.24) is 9.97 Å². The second-order valence-corrected chi connectivity index (χ2v) is 6.23. The number of aliphatic hydroxyl groups excluding tert-OH is 1. The first-order valence-electron chi connectivity index (χ1n) is 8.48. The third-order valence-corrected chi connectivity index (χ3v) is 4.52.